The van der Waals surface area contributed by atoms with Crippen molar-refractivity contribution in [1.29, 1.82) is 5.26 Å². The van der Waals surface area contributed by atoms with E-state index in [2.05, 4.69) is 23.3 Å². The smallest absolute Gasteiger partial charge is 0.263 e. The number of aromatic nitrogens is 1. The molecule has 5 nitrogen and oxygen atoms in total. The van der Waals surface area contributed by atoms with Crippen molar-refractivity contribution in [1.82, 2.24) is 15.2 Å². The average Bonchev–Trinajstić information content (AvgIpc) is 2.73. The van der Waals surface area contributed by atoms with Crippen LogP contribution in [0.5, 0.6) is 0 Å². The fraction of sp³-hybridized carbons (Fsp3) is 0.640. The number of nitrogens with zero attached hydrogens (tertiary/aromatic N) is 3. The summed E-state index contributed by atoms with van der Waals surface area (Å²) in [5.41, 5.74) is 1.66. The van der Waals surface area contributed by atoms with Gasteiger partial charge in [0.05, 0.1) is 0 Å². The molecule has 4 bridgehead atoms. The molecule has 1 aromatic rings. The molecule has 0 aromatic carbocycles. The minimum absolute atomic E-state index is 0.127. The van der Waals surface area contributed by atoms with Crippen LogP contribution in [-0.4, -0.2) is 34.9 Å². The zero-order valence-electron chi connectivity index (χ0n) is 18.3. The topological polar surface area (TPSA) is 69.0 Å². The van der Waals surface area contributed by atoms with Crippen molar-refractivity contribution in [2.75, 3.05) is 13.1 Å². The third kappa shape index (κ3) is 4.38. The summed E-state index contributed by atoms with van der Waals surface area (Å²) >= 11 is 0. The van der Waals surface area contributed by atoms with E-state index >= 15 is 0 Å². The number of nitriles is 1. The number of carbonyl (C=O) groups is 1. The molecule has 1 atom stereocenters. The first-order chi connectivity index (χ1) is 14.5. The fourth-order valence-electron chi connectivity index (χ4n) is 6.59. The van der Waals surface area contributed by atoms with Crippen molar-refractivity contribution in [2.45, 2.75) is 64.8 Å². The number of pyridine rings is 1. The lowest BCUT2D eigenvalue weighted by Gasteiger charge is -2.59. The first-order valence-electron chi connectivity index (χ1n) is 11.6. The maximum Gasteiger partial charge on any atom is 0.263 e. The van der Waals surface area contributed by atoms with E-state index in [4.69, 9.17) is 0 Å². The minimum atomic E-state index is -0.219. The number of likely N-dealkylation sites (N-methyl/N-ethyl adjacent to an activating group) is 1. The molecule has 5 heteroatoms. The Kier molecular flexibility index (Phi) is 6.13. The van der Waals surface area contributed by atoms with E-state index in [1.54, 1.807) is 18.6 Å². The molecule has 0 aliphatic heterocycles. The first-order valence-corrected chi connectivity index (χ1v) is 11.6. The summed E-state index contributed by atoms with van der Waals surface area (Å²) in [5, 5.41) is 12.9. The van der Waals surface area contributed by atoms with Crippen LogP contribution >= 0.6 is 0 Å². The van der Waals surface area contributed by atoms with Gasteiger partial charge >= 0.3 is 0 Å². The lowest BCUT2D eigenvalue weighted by Crippen LogP contribution is -2.56. The van der Waals surface area contributed by atoms with E-state index in [1.165, 1.54) is 44.1 Å². The van der Waals surface area contributed by atoms with Gasteiger partial charge in [-0.15, -0.1) is 0 Å². The Morgan fingerprint density at radius 2 is 1.87 bits per heavy atom. The van der Waals surface area contributed by atoms with E-state index in [0.717, 1.165) is 37.3 Å². The van der Waals surface area contributed by atoms with Crippen molar-refractivity contribution in [3.63, 3.8) is 0 Å². The normalized spacial score (nSPS) is 30.6. The van der Waals surface area contributed by atoms with Gasteiger partial charge in [0, 0.05) is 37.7 Å². The van der Waals surface area contributed by atoms with Gasteiger partial charge < -0.3 is 10.2 Å². The van der Waals surface area contributed by atoms with Crippen molar-refractivity contribution < 1.29 is 4.79 Å². The van der Waals surface area contributed by atoms with Crippen LogP contribution in [0.1, 0.15) is 57.9 Å². The van der Waals surface area contributed by atoms with Gasteiger partial charge in [0.2, 0.25) is 0 Å². The van der Waals surface area contributed by atoms with E-state index in [9.17, 15) is 10.1 Å². The summed E-state index contributed by atoms with van der Waals surface area (Å²) in [6.45, 7) is 5.74. The highest BCUT2D eigenvalue weighted by atomic mass is 16.1. The summed E-state index contributed by atoms with van der Waals surface area (Å²) in [6, 6.07) is 6.27. The molecule has 4 saturated carbocycles. The van der Waals surface area contributed by atoms with Crippen molar-refractivity contribution in [3.8, 4) is 6.07 Å². The van der Waals surface area contributed by atoms with Crippen LogP contribution in [0.3, 0.4) is 0 Å². The maximum absolute atomic E-state index is 13.0. The molecule has 1 N–H and O–H groups in total. The molecule has 0 radical (unpaired) electrons. The van der Waals surface area contributed by atoms with Crippen molar-refractivity contribution in [3.05, 3.63) is 41.9 Å². The van der Waals surface area contributed by atoms with Crippen LogP contribution in [0, 0.1) is 34.5 Å². The zero-order chi connectivity index (χ0) is 21.1. The first kappa shape index (κ1) is 20.9. The molecule has 160 valence electrons. The Hall–Kier alpha value is -2.35. The molecule has 5 rings (SSSR count). The second-order valence-corrected chi connectivity index (χ2v) is 9.86. The monoisotopic (exact) mass is 406 g/mol. The van der Waals surface area contributed by atoms with E-state index in [-0.39, 0.29) is 22.9 Å². The number of hydrogen-bond donors (Lipinski definition) is 1. The summed E-state index contributed by atoms with van der Waals surface area (Å²) in [5.74, 6) is 2.34. The zero-order valence-corrected chi connectivity index (χ0v) is 18.3. The van der Waals surface area contributed by atoms with Crippen LogP contribution in [0.2, 0.25) is 0 Å². The van der Waals surface area contributed by atoms with Gasteiger partial charge in [-0.25, -0.2) is 0 Å². The van der Waals surface area contributed by atoms with Crippen LogP contribution < -0.4 is 5.32 Å². The molecular formula is C25H34N4O. The largest absolute Gasteiger partial charge is 0.376 e. The summed E-state index contributed by atoms with van der Waals surface area (Å²) < 4.78 is 0. The molecule has 30 heavy (non-hydrogen) atoms. The number of carbonyl (C=O) groups excluding carboxylic acids is 1. The summed E-state index contributed by atoms with van der Waals surface area (Å²) in [4.78, 5) is 19.1. The highest BCUT2D eigenvalue weighted by Crippen LogP contribution is 2.61. The van der Waals surface area contributed by atoms with Crippen molar-refractivity contribution in [2.24, 2.45) is 23.2 Å². The van der Waals surface area contributed by atoms with Crippen molar-refractivity contribution >= 4 is 5.91 Å². The van der Waals surface area contributed by atoms with Gasteiger partial charge in [-0.05, 0) is 99.7 Å². The minimum Gasteiger partial charge on any atom is -0.376 e. The fourth-order valence-corrected chi connectivity index (χ4v) is 6.59. The van der Waals surface area contributed by atoms with Crippen LogP contribution in [0.15, 0.2) is 36.3 Å². The highest BCUT2D eigenvalue weighted by molar-refractivity contribution is 5.97. The third-order valence-electron chi connectivity index (χ3n) is 7.87. The number of amides is 1. The highest BCUT2D eigenvalue weighted by Gasteiger charge is 2.53. The Bertz CT molecular complexity index is 790. The molecule has 0 saturated heterocycles. The van der Waals surface area contributed by atoms with E-state index in [0.29, 0.717) is 0 Å². The van der Waals surface area contributed by atoms with Gasteiger partial charge in [0.1, 0.15) is 11.6 Å². The summed E-state index contributed by atoms with van der Waals surface area (Å²) in [6.07, 6.45) is 14.1. The Balaban J connectivity index is 1.38. The average molecular weight is 407 g/mol. The lowest BCUT2D eigenvalue weighted by molar-refractivity contribution is -0.122. The summed E-state index contributed by atoms with van der Waals surface area (Å²) in [7, 11) is 0. The number of hydrogen-bond acceptors (Lipinski definition) is 4. The van der Waals surface area contributed by atoms with Gasteiger partial charge in [-0.1, -0.05) is 0 Å². The van der Waals surface area contributed by atoms with Crippen LogP contribution in [-0.2, 0) is 11.2 Å². The SMILES string of the molecule is CCN(/C=C(/C#N)C(=O)NC(C)C12CC3CC(CC(C3)C1)C2)CCc1ccncc1. The van der Waals surface area contributed by atoms with Gasteiger partial charge in [0.15, 0.2) is 0 Å². The molecule has 1 aromatic heterocycles. The quantitative estimate of drug-likeness (QED) is 0.522. The molecule has 4 fully saturated rings. The standard InChI is InChI=1S/C25H34N4O/c1-3-29(9-6-19-4-7-27-8-5-19)17-23(16-26)24(30)28-18(2)25-13-20-10-21(14-25)12-22(11-20)15-25/h4-5,7-8,17-18,20-22H,3,6,9-15H2,1-2H3,(H,28,30)/b23-17-. The Morgan fingerprint density at radius 1 is 1.27 bits per heavy atom. The van der Waals surface area contributed by atoms with Crippen LogP contribution in [0.4, 0.5) is 0 Å². The maximum atomic E-state index is 13.0. The van der Waals surface area contributed by atoms with Gasteiger partial charge in [0.25, 0.3) is 5.91 Å². The van der Waals surface area contributed by atoms with Gasteiger partial charge in [-0.2, -0.15) is 5.26 Å². The Labute approximate surface area is 180 Å². The predicted octanol–water partition coefficient (Wildman–Crippen LogP) is 4.07. The predicted molar refractivity (Wildman–Crippen MR) is 117 cm³/mol. The van der Waals surface area contributed by atoms with Gasteiger partial charge in [-0.3, -0.25) is 9.78 Å². The molecule has 1 heterocycles. The molecule has 1 unspecified atom stereocenters. The molecule has 4 aliphatic rings. The second kappa shape index (κ2) is 8.79. The van der Waals surface area contributed by atoms with E-state index in [1.807, 2.05) is 24.0 Å². The molecule has 1 amide bonds. The van der Waals surface area contributed by atoms with E-state index < -0.39 is 0 Å². The van der Waals surface area contributed by atoms with Crippen LogP contribution in [0.25, 0.3) is 0 Å². The molecule has 0 spiro atoms. The number of rotatable bonds is 8. The lowest BCUT2D eigenvalue weighted by atomic mass is 9.48. The third-order valence-corrected chi connectivity index (χ3v) is 7.87. The molecular weight excluding hydrogens is 372 g/mol. The molecule has 4 aliphatic carbocycles. The second-order valence-electron chi connectivity index (χ2n) is 9.86. The Morgan fingerprint density at radius 3 is 2.40 bits per heavy atom. The number of nitrogens with one attached hydrogen (secondary N) is 1.